The number of nitrogens with zero attached hydrogens (tertiary/aromatic N) is 2. The average molecular weight is 895 g/mol. The molecule has 2 aromatic rings. The van der Waals surface area contributed by atoms with Crippen LogP contribution in [0.4, 0.5) is 11.4 Å². The van der Waals surface area contributed by atoms with E-state index in [-0.39, 0.29) is 84.6 Å². The number of hydrogen-bond acceptors (Lipinski definition) is 13. The predicted molar refractivity (Wildman–Crippen MR) is 228 cm³/mol. The van der Waals surface area contributed by atoms with Gasteiger partial charge in [0.05, 0.1) is 69.2 Å². The molecule has 2 saturated heterocycles. The monoisotopic (exact) mass is 894 g/mol. The summed E-state index contributed by atoms with van der Waals surface area (Å²) in [6.07, 6.45) is 7.99. The highest BCUT2D eigenvalue weighted by Gasteiger charge is 2.47. The van der Waals surface area contributed by atoms with Crippen LogP contribution in [0.1, 0.15) is 80.0 Å². The van der Waals surface area contributed by atoms with Crippen molar-refractivity contribution < 1.29 is 59.0 Å². The molecule has 4 atom stereocenters. The van der Waals surface area contributed by atoms with Gasteiger partial charge in [0.25, 0.3) is 32.1 Å². The molecule has 4 heterocycles. The number of fused-ring (bicyclic) bond motifs is 4. The zero-order valence-corrected chi connectivity index (χ0v) is 37.0. The number of rotatable bonds is 17. The first-order valence-electron chi connectivity index (χ1n) is 20.1. The molecular formula is C40H55N4O13PS2. The number of carbonyl (C=O) groups is 2. The van der Waals surface area contributed by atoms with E-state index >= 15 is 0 Å². The van der Waals surface area contributed by atoms with Gasteiger partial charge in [-0.05, 0) is 58.1 Å². The zero-order valence-electron chi connectivity index (χ0n) is 34.5. The topological polar surface area (TPSA) is 227 Å². The Morgan fingerprint density at radius 3 is 1.45 bits per heavy atom. The standard InChI is InChI=1S/C40H55N4O13PS2/c1-6-9-14-58(47,15-10-12-56-35-21-29-27(19-33(35)54-4)39(45)43-23-25(7-2)17-31(43)37(41-29)59(48,49)50)16-11-13-57-36-22-30-28(20-34(36)55-5)40(46)44-24-26(8-3)18-32(44)38(42-30)60(51,52)53/h7-8,19-22,31-32,37-38,41-42H,6,9-18,23-24H2,1-5H3,(H,48,49,50)(H,51,52,53)/b25-7+,26-8+/t31-,32-,37?,38?,58?/m0/s1. The van der Waals surface area contributed by atoms with Crippen LogP contribution in [0.25, 0.3) is 0 Å². The Morgan fingerprint density at radius 2 is 1.10 bits per heavy atom. The third kappa shape index (κ3) is 9.59. The highest BCUT2D eigenvalue weighted by atomic mass is 32.2. The predicted octanol–water partition coefficient (Wildman–Crippen LogP) is 5.71. The third-order valence-corrected chi connectivity index (χ3v) is 17.2. The second-order valence-corrected chi connectivity index (χ2v) is 22.1. The summed E-state index contributed by atoms with van der Waals surface area (Å²) in [5, 5.41) is 2.83. The quantitative estimate of drug-likeness (QED) is 0.0646. The minimum atomic E-state index is -4.62. The molecular weight excluding hydrogens is 840 g/mol. The SMILES string of the molecule is C/C=C1\C[C@H]2C(S(=O)(=O)O)Nc3cc(OCCCP(=O)(CCCC)CCCOc4cc5c(cc4OC)C(=O)N4C/C(=C/C)C[C@H]4C(S(=O)(=O)O)N5)c(OC)cc3C(=O)N2C1. The molecule has 2 amide bonds. The Labute approximate surface area is 351 Å². The Bertz CT molecular complexity index is 2160. The molecule has 330 valence electrons. The first-order valence-corrected chi connectivity index (χ1v) is 25.3. The number of allylic oxidation sites excluding steroid dienone is 2. The van der Waals surface area contributed by atoms with Crippen LogP contribution in [-0.4, -0.2) is 129 Å². The van der Waals surface area contributed by atoms with Crippen LogP contribution < -0.4 is 29.6 Å². The summed E-state index contributed by atoms with van der Waals surface area (Å²) in [5.41, 5.74) is 2.48. The van der Waals surface area contributed by atoms with E-state index in [2.05, 4.69) is 10.6 Å². The van der Waals surface area contributed by atoms with Gasteiger partial charge in [-0.1, -0.05) is 36.6 Å². The molecule has 0 bridgehead atoms. The van der Waals surface area contributed by atoms with Gasteiger partial charge in [0, 0.05) is 43.7 Å². The van der Waals surface area contributed by atoms with Gasteiger partial charge in [-0.25, -0.2) is 0 Å². The van der Waals surface area contributed by atoms with Gasteiger partial charge in [0.15, 0.2) is 33.7 Å². The number of benzene rings is 2. The molecule has 0 saturated carbocycles. The molecule has 2 fully saturated rings. The highest BCUT2D eigenvalue weighted by Crippen LogP contribution is 2.48. The summed E-state index contributed by atoms with van der Waals surface area (Å²) in [6, 6.07) is 4.33. The fraction of sp³-hybridized carbons (Fsp3) is 0.550. The van der Waals surface area contributed by atoms with E-state index < -0.39 is 62.0 Å². The van der Waals surface area contributed by atoms with Gasteiger partial charge in [-0.3, -0.25) is 18.7 Å². The molecule has 6 rings (SSSR count). The first kappa shape index (κ1) is 45.2. The number of carbonyl (C=O) groups excluding carboxylic acids is 2. The molecule has 20 heteroatoms. The van der Waals surface area contributed by atoms with Crippen molar-refractivity contribution in [3.63, 3.8) is 0 Å². The van der Waals surface area contributed by atoms with Crippen LogP contribution in [0.15, 0.2) is 47.6 Å². The largest absolute Gasteiger partial charge is 0.493 e. The van der Waals surface area contributed by atoms with Gasteiger partial charge in [0.1, 0.15) is 0 Å². The number of amides is 2. The molecule has 4 aliphatic heterocycles. The van der Waals surface area contributed by atoms with Gasteiger partial charge in [-0.2, -0.15) is 16.8 Å². The highest BCUT2D eigenvalue weighted by molar-refractivity contribution is 7.86. The fourth-order valence-electron chi connectivity index (χ4n) is 8.43. The van der Waals surface area contributed by atoms with Gasteiger partial charge < -0.3 is 43.9 Å². The molecule has 60 heavy (non-hydrogen) atoms. The Hall–Kier alpha value is -4.29. The maximum Gasteiger partial charge on any atom is 0.288 e. The summed E-state index contributed by atoms with van der Waals surface area (Å²) in [5.74, 6) is 0.195. The molecule has 0 aromatic heterocycles. The smallest absolute Gasteiger partial charge is 0.288 e. The van der Waals surface area contributed by atoms with E-state index in [4.69, 9.17) is 18.9 Å². The number of anilines is 2. The lowest BCUT2D eigenvalue weighted by Gasteiger charge is -2.26. The van der Waals surface area contributed by atoms with Crippen LogP contribution in [-0.2, 0) is 24.8 Å². The fourth-order valence-corrected chi connectivity index (χ4v) is 13.2. The lowest BCUT2D eigenvalue weighted by atomic mass is 10.1. The minimum absolute atomic E-state index is 0.147. The molecule has 2 unspecified atom stereocenters. The first-order chi connectivity index (χ1) is 28.4. The minimum Gasteiger partial charge on any atom is -0.493 e. The second kappa shape index (κ2) is 18.4. The number of hydrogen-bond donors (Lipinski definition) is 4. The van der Waals surface area contributed by atoms with Crippen LogP contribution >= 0.6 is 7.14 Å². The lowest BCUT2D eigenvalue weighted by Crippen LogP contribution is -2.47. The summed E-state index contributed by atoms with van der Waals surface area (Å²) in [6.45, 7) is 6.41. The number of ether oxygens (including phenoxy) is 4. The third-order valence-electron chi connectivity index (χ3n) is 11.7. The van der Waals surface area contributed by atoms with Crippen molar-refractivity contribution in [2.75, 3.05) is 69.6 Å². The average Bonchev–Trinajstić information content (AvgIpc) is 3.79. The van der Waals surface area contributed by atoms with Crippen molar-refractivity contribution in [3.05, 3.63) is 58.7 Å². The normalized spacial score (nSPS) is 23.7. The van der Waals surface area contributed by atoms with Crippen LogP contribution in [0.2, 0.25) is 0 Å². The Morgan fingerprint density at radius 1 is 0.700 bits per heavy atom. The molecule has 0 spiro atoms. The van der Waals surface area contributed by atoms with E-state index in [0.717, 1.165) is 24.0 Å². The van der Waals surface area contributed by atoms with Crippen molar-refractivity contribution in [1.29, 1.82) is 0 Å². The number of unbranched alkanes of at least 4 members (excludes halogenated alkanes) is 1. The Kier molecular flexibility index (Phi) is 13.8. The van der Waals surface area contributed by atoms with Crippen molar-refractivity contribution in [2.24, 2.45) is 0 Å². The van der Waals surface area contributed by atoms with E-state index in [1.54, 1.807) is 0 Å². The summed E-state index contributed by atoms with van der Waals surface area (Å²) < 4.78 is 108. The maximum absolute atomic E-state index is 14.3. The van der Waals surface area contributed by atoms with Crippen LogP contribution in [0, 0.1) is 0 Å². The van der Waals surface area contributed by atoms with Crippen LogP contribution in [0.5, 0.6) is 23.0 Å². The lowest BCUT2D eigenvalue weighted by molar-refractivity contribution is 0.0737. The van der Waals surface area contributed by atoms with Gasteiger partial charge in [0.2, 0.25) is 0 Å². The molecule has 0 aliphatic carbocycles. The summed E-state index contributed by atoms with van der Waals surface area (Å²) >= 11 is 0. The van der Waals surface area contributed by atoms with E-state index in [9.17, 15) is 40.1 Å². The van der Waals surface area contributed by atoms with Crippen molar-refractivity contribution in [1.82, 2.24) is 9.80 Å². The van der Waals surface area contributed by atoms with Gasteiger partial charge in [-0.15, -0.1) is 0 Å². The van der Waals surface area contributed by atoms with E-state index in [0.29, 0.717) is 31.3 Å². The number of methoxy groups -OCH3 is 2. The van der Waals surface area contributed by atoms with Crippen LogP contribution in [0.3, 0.4) is 0 Å². The molecule has 4 N–H and O–H groups in total. The zero-order chi connectivity index (χ0) is 43.6. The number of nitrogens with one attached hydrogen (secondary N) is 2. The van der Waals surface area contributed by atoms with Crippen molar-refractivity contribution >= 4 is 50.6 Å². The molecule has 17 nitrogen and oxygen atoms in total. The van der Waals surface area contributed by atoms with E-state index in [1.807, 2.05) is 32.9 Å². The van der Waals surface area contributed by atoms with Crippen molar-refractivity contribution in [3.8, 4) is 23.0 Å². The summed E-state index contributed by atoms with van der Waals surface area (Å²) in [7, 11) is -9.10. The summed E-state index contributed by atoms with van der Waals surface area (Å²) in [4.78, 5) is 30.2. The Balaban J connectivity index is 1.10. The van der Waals surface area contributed by atoms with Crippen molar-refractivity contribution in [2.45, 2.75) is 82.1 Å². The molecule has 4 aliphatic rings. The maximum atomic E-state index is 14.3. The molecule has 0 radical (unpaired) electrons. The van der Waals surface area contributed by atoms with Gasteiger partial charge >= 0.3 is 0 Å². The second-order valence-electron chi connectivity index (χ2n) is 15.5. The molecule has 2 aromatic carbocycles. The van der Waals surface area contributed by atoms with E-state index in [1.165, 1.54) is 48.3 Å².